The zero-order valence-electron chi connectivity index (χ0n) is 16.8. The lowest BCUT2D eigenvalue weighted by Crippen LogP contribution is -2.27. The number of hydrogen-bond acceptors (Lipinski definition) is 3. The molecule has 29 heavy (non-hydrogen) atoms. The number of rotatable bonds is 6. The Balaban J connectivity index is 1.68. The van der Waals surface area contributed by atoms with Crippen molar-refractivity contribution in [2.24, 2.45) is 0 Å². The van der Waals surface area contributed by atoms with Crippen LogP contribution in [0.2, 0.25) is 0 Å². The maximum Gasteiger partial charge on any atom is 0.270 e. The Hall–Kier alpha value is -3.47. The minimum atomic E-state index is -0.322. The lowest BCUT2D eigenvalue weighted by molar-refractivity contribution is 0.0935. The molecule has 0 bridgehead atoms. The third-order valence-corrected chi connectivity index (χ3v) is 4.74. The minimum Gasteiger partial charge on any atom is -0.344 e. The van der Waals surface area contributed by atoms with Crippen LogP contribution in [0.25, 0.3) is 0 Å². The van der Waals surface area contributed by atoms with E-state index in [2.05, 4.69) is 29.5 Å². The van der Waals surface area contributed by atoms with E-state index in [4.69, 9.17) is 0 Å². The predicted molar refractivity (Wildman–Crippen MR) is 115 cm³/mol. The Kier molecular flexibility index (Phi) is 6.39. The third-order valence-electron chi connectivity index (χ3n) is 4.74. The van der Waals surface area contributed by atoms with Crippen molar-refractivity contribution in [3.8, 4) is 0 Å². The number of carbonyl (C=O) groups excluding carboxylic acids is 2. The second kappa shape index (κ2) is 9.15. The van der Waals surface area contributed by atoms with Gasteiger partial charge >= 0.3 is 0 Å². The Morgan fingerprint density at radius 1 is 0.828 bits per heavy atom. The van der Waals surface area contributed by atoms with Gasteiger partial charge in [-0.1, -0.05) is 56.3 Å². The van der Waals surface area contributed by atoms with E-state index in [0.717, 1.165) is 5.56 Å². The second-order valence-electron chi connectivity index (χ2n) is 7.27. The van der Waals surface area contributed by atoms with E-state index < -0.39 is 0 Å². The quantitative estimate of drug-likeness (QED) is 0.629. The molecule has 0 saturated carbocycles. The van der Waals surface area contributed by atoms with Gasteiger partial charge < -0.3 is 10.6 Å². The predicted octanol–water partition coefficient (Wildman–Crippen LogP) is 4.95. The largest absolute Gasteiger partial charge is 0.344 e. The summed E-state index contributed by atoms with van der Waals surface area (Å²) in [6.07, 6.45) is 1.47. The van der Waals surface area contributed by atoms with E-state index in [-0.39, 0.29) is 23.6 Å². The van der Waals surface area contributed by atoms with Crippen LogP contribution in [0, 0.1) is 0 Å². The molecule has 3 rings (SSSR count). The van der Waals surface area contributed by atoms with Crippen molar-refractivity contribution in [2.45, 2.75) is 32.7 Å². The molecule has 3 aromatic rings. The number of amides is 2. The van der Waals surface area contributed by atoms with Crippen molar-refractivity contribution >= 4 is 17.5 Å². The van der Waals surface area contributed by atoms with Crippen molar-refractivity contribution < 1.29 is 9.59 Å². The number of nitrogens with zero attached hydrogens (tertiary/aromatic N) is 1. The summed E-state index contributed by atoms with van der Waals surface area (Å²) in [5.74, 6) is -0.175. The second-order valence-corrected chi connectivity index (χ2v) is 7.27. The van der Waals surface area contributed by atoms with Gasteiger partial charge in [0.1, 0.15) is 5.69 Å². The lowest BCUT2D eigenvalue weighted by Gasteiger charge is -2.14. The minimum absolute atomic E-state index is 0.164. The van der Waals surface area contributed by atoms with Gasteiger partial charge in [0, 0.05) is 17.4 Å². The molecule has 0 aliphatic carbocycles. The summed E-state index contributed by atoms with van der Waals surface area (Å²) in [6, 6.07) is 20.4. The van der Waals surface area contributed by atoms with Gasteiger partial charge in [-0.05, 0) is 48.2 Å². The Morgan fingerprint density at radius 2 is 1.52 bits per heavy atom. The fourth-order valence-corrected chi connectivity index (χ4v) is 2.95. The molecule has 0 saturated heterocycles. The molecule has 0 radical (unpaired) electrons. The molecule has 1 unspecified atom stereocenters. The molecule has 5 nitrogen and oxygen atoms in total. The van der Waals surface area contributed by atoms with Gasteiger partial charge in [0.15, 0.2) is 0 Å². The highest BCUT2D eigenvalue weighted by atomic mass is 16.2. The molecule has 1 aromatic heterocycles. The van der Waals surface area contributed by atoms with Crippen LogP contribution < -0.4 is 10.6 Å². The number of hydrogen-bond donors (Lipinski definition) is 2. The van der Waals surface area contributed by atoms with Crippen LogP contribution in [0.4, 0.5) is 5.69 Å². The van der Waals surface area contributed by atoms with Gasteiger partial charge in [-0.3, -0.25) is 14.6 Å². The average Bonchev–Trinajstić information content (AvgIpc) is 2.74. The molecular formula is C24H25N3O2. The number of aromatic nitrogens is 1. The zero-order valence-corrected chi connectivity index (χ0v) is 16.8. The van der Waals surface area contributed by atoms with Crippen LogP contribution in [0.15, 0.2) is 72.9 Å². The maximum atomic E-state index is 12.6. The topological polar surface area (TPSA) is 71.1 Å². The van der Waals surface area contributed by atoms with Gasteiger partial charge in [0.05, 0.1) is 6.04 Å². The Morgan fingerprint density at radius 3 is 2.17 bits per heavy atom. The molecule has 0 aliphatic rings. The molecule has 148 valence electrons. The summed E-state index contributed by atoms with van der Waals surface area (Å²) in [5.41, 5.74) is 3.50. The highest BCUT2D eigenvalue weighted by Crippen LogP contribution is 2.18. The van der Waals surface area contributed by atoms with E-state index in [9.17, 15) is 9.59 Å². The van der Waals surface area contributed by atoms with Crippen LogP contribution in [-0.2, 0) is 0 Å². The van der Waals surface area contributed by atoms with Crippen molar-refractivity contribution in [1.82, 2.24) is 10.3 Å². The standard InChI is InChI=1S/C24H25N3O2/c1-16(2)18-9-11-21(12-10-18)27-23(28)20-13-14-25-22(15-20)24(29)26-17(3)19-7-5-4-6-8-19/h4-17H,1-3H3,(H,26,29)(H,27,28). The number of carbonyl (C=O) groups is 2. The molecule has 2 aromatic carbocycles. The highest BCUT2D eigenvalue weighted by molar-refractivity contribution is 6.05. The summed E-state index contributed by atoms with van der Waals surface area (Å²) in [6.45, 7) is 6.15. The summed E-state index contributed by atoms with van der Waals surface area (Å²) < 4.78 is 0. The van der Waals surface area contributed by atoms with E-state index in [1.165, 1.54) is 17.8 Å². The lowest BCUT2D eigenvalue weighted by atomic mass is 10.0. The molecule has 2 N–H and O–H groups in total. The van der Waals surface area contributed by atoms with Crippen LogP contribution >= 0.6 is 0 Å². The maximum absolute atomic E-state index is 12.6. The average molecular weight is 387 g/mol. The van der Waals surface area contributed by atoms with Gasteiger partial charge in [-0.2, -0.15) is 0 Å². The van der Waals surface area contributed by atoms with E-state index in [0.29, 0.717) is 17.2 Å². The van der Waals surface area contributed by atoms with Gasteiger partial charge in [0.2, 0.25) is 0 Å². The Bertz CT molecular complexity index is 983. The number of benzene rings is 2. The molecule has 0 fully saturated rings. The summed E-state index contributed by atoms with van der Waals surface area (Å²) in [7, 11) is 0. The molecular weight excluding hydrogens is 362 g/mol. The monoisotopic (exact) mass is 387 g/mol. The first-order valence-corrected chi connectivity index (χ1v) is 9.67. The smallest absolute Gasteiger partial charge is 0.270 e. The highest BCUT2D eigenvalue weighted by Gasteiger charge is 2.15. The number of anilines is 1. The van der Waals surface area contributed by atoms with Crippen LogP contribution in [-0.4, -0.2) is 16.8 Å². The normalized spacial score (nSPS) is 11.7. The van der Waals surface area contributed by atoms with Crippen LogP contribution in [0.3, 0.4) is 0 Å². The van der Waals surface area contributed by atoms with E-state index >= 15 is 0 Å². The van der Waals surface area contributed by atoms with Gasteiger partial charge in [-0.25, -0.2) is 0 Å². The number of pyridine rings is 1. The zero-order chi connectivity index (χ0) is 20.8. The van der Waals surface area contributed by atoms with Gasteiger partial charge in [-0.15, -0.1) is 0 Å². The Labute approximate surface area is 171 Å². The summed E-state index contributed by atoms with van der Waals surface area (Å²) >= 11 is 0. The third kappa shape index (κ3) is 5.29. The molecule has 0 aliphatic heterocycles. The first-order valence-electron chi connectivity index (χ1n) is 9.67. The van der Waals surface area contributed by atoms with Crippen LogP contribution in [0.1, 0.15) is 64.7 Å². The summed E-state index contributed by atoms with van der Waals surface area (Å²) in [5, 5.41) is 5.77. The molecule has 2 amide bonds. The van der Waals surface area contributed by atoms with E-state index in [1.54, 1.807) is 6.07 Å². The van der Waals surface area contributed by atoms with Crippen molar-refractivity contribution in [2.75, 3.05) is 5.32 Å². The fourth-order valence-electron chi connectivity index (χ4n) is 2.95. The first-order chi connectivity index (χ1) is 13.9. The van der Waals surface area contributed by atoms with Crippen LogP contribution in [0.5, 0.6) is 0 Å². The molecule has 5 heteroatoms. The first kappa shape index (κ1) is 20.3. The molecule has 0 spiro atoms. The van der Waals surface area contributed by atoms with Crippen molar-refractivity contribution in [3.05, 3.63) is 95.3 Å². The SMILES string of the molecule is CC(C)c1ccc(NC(=O)c2ccnc(C(=O)NC(C)c3ccccc3)c2)cc1. The molecule has 1 atom stereocenters. The molecule has 1 heterocycles. The van der Waals surface area contributed by atoms with Crippen molar-refractivity contribution in [3.63, 3.8) is 0 Å². The summed E-state index contributed by atoms with van der Waals surface area (Å²) in [4.78, 5) is 29.3. The van der Waals surface area contributed by atoms with E-state index in [1.807, 2.05) is 61.5 Å². The number of nitrogens with one attached hydrogen (secondary N) is 2. The fraction of sp³-hybridized carbons (Fsp3) is 0.208. The van der Waals surface area contributed by atoms with Gasteiger partial charge in [0.25, 0.3) is 11.8 Å². The van der Waals surface area contributed by atoms with Crippen molar-refractivity contribution in [1.29, 1.82) is 0 Å².